The largest absolute Gasteiger partial charge is 0.489 e. The Morgan fingerprint density at radius 1 is 1.44 bits per heavy atom. The molecular formula is C12H16ClNO2. The first-order valence-corrected chi connectivity index (χ1v) is 5.86. The van der Waals surface area contributed by atoms with E-state index in [1.807, 2.05) is 13.0 Å². The SMILES string of the molecule is Cc1cc(Cl)c(OC2CC2)c(CCON)c1. The van der Waals surface area contributed by atoms with Crippen molar-refractivity contribution in [1.82, 2.24) is 0 Å². The van der Waals surface area contributed by atoms with Crippen LogP contribution in [-0.4, -0.2) is 12.7 Å². The van der Waals surface area contributed by atoms with Crippen molar-refractivity contribution < 1.29 is 9.57 Å². The first kappa shape index (κ1) is 11.7. The van der Waals surface area contributed by atoms with Crippen molar-refractivity contribution in [2.45, 2.75) is 32.3 Å². The Hall–Kier alpha value is -0.770. The molecule has 0 bridgehead atoms. The minimum atomic E-state index is 0.345. The summed E-state index contributed by atoms with van der Waals surface area (Å²) < 4.78 is 5.81. The normalized spacial score (nSPS) is 15.2. The average molecular weight is 242 g/mol. The lowest BCUT2D eigenvalue weighted by Gasteiger charge is -2.13. The van der Waals surface area contributed by atoms with Crippen LogP contribution in [0.3, 0.4) is 0 Å². The van der Waals surface area contributed by atoms with E-state index in [-0.39, 0.29) is 0 Å². The first-order chi connectivity index (χ1) is 7.70. The highest BCUT2D eigenvalue weighted by Crippen LogP contribution is 2.35. The lowest BCUT2D eigenvalue weighted by molar-refractivity contribution is 0.140. The summed E-state index contributed by atoms with van der Waals surface area (Å²) in [6.07, 6.45) is 3.31. The van der Waals surface area contributed by atoms with Crippen LogP contribution < -0.4 is 10.6 Å². The molecule has 0 atom stereocenters. The van der Waals surface area contributed by atoms with E-state index in [9.17, 15) is 0 Å². The van der Waals surface area contributed by atoms with E-state index in [0.29, 0.717) is 17.7 Å². The second-order valence-electron chi connectivity index (χ2n) is 4.17. The molecule has 0 amide bonds. The van der Waals surface area contributed by atoms with Gasteiger partial charge in [0.1, 0.15) is 5.75 Å². The first-order valence-electron chi connectivity index (χ1n) is 5.48. The van der Waals surface area contributed by atoms with Crippen LogP contribution in [0.1, 0.15) is 24.0 Å². The van der Waals surface area contributed by atoms with Gasteiger partial charge in [0.25, 0.3) is 0 Å². The molecular weight excluding hydrogens is 226 g/mol. The van der Waals surface area contributed by atoms with Crippen LogP contribution in [0.5, 0.6) is 5.75 Å². The van der Waals surface area contributed by atoms with Crippen molar-refractivity contribution in [3.05, 3.63) is 28.3 Å². The summed E-state index contributed by atoms with van der Waals surface area (Å²) >= 11 is 6.19. The standard InChI is InChI=1S/C12H16ClNO2/c1-8-6-9(4-5-15-14)12(11(13)7-8)16-10-2-3-10/h6-7,10H,2-5,14H2,1H3. The summed E-state index contributed by atoms with van der Waals surface area (Å²) in [5, 5.41) is 0.680. The molecule has 3 nitrogen and oxygen atoms in total. The van der Waals surface area contributed by atoms with E-state index < -0.39 is 0 Å². The molecule has 0 aromatic heterocycles. The maximum Gasteiger partial charge on any atom is 0.141 e. The Labute approximate surface area is 100 Å². The summed E-state index contributed by atoms with van der Waals surface area (Å²) in [6, 6.07) is 3.99. The zero-order chi connectivity index (χ0) is 11.5. The van der Waals surface area contributed by atoms with Gasteiger partial charge in [0, 0.05) is 6.42 Å². The van der Waals surface area contributed by atoms with Crippen LogP contribution in [0.4, 0.5) is 0 Å². The Bertz CT molecular complexity index is 378. The topological polar surface area (TPSA) is 44.5 Å². The van der Waals surface area contributed by atoms with Gasteiger partial charge in [-0.1, -0.05) is 17.7 Å². The molecule has 16 heavy (non-hydrogen) atoms. The number of aryl methyl sites for hydroxylation is 1. The van der Waals surface area contributed by atoms with E-state index in [2.05, 4.69) is 10.9 Å². The molecule has 4 heteroatoms. The van der Waals surface area contributed by atoms with E-state index >= 15 is 0 Å². The Kier molecular flexibility index (Phi) is 3.69. The van der Waals surface area contributed by atoms with Gasteiger partial charge in [-0.25, -0.2) is 5.90 Å². The van der Waals surface area contributed by atoms with Crippen LogP contribution in [0, 0.1) is 6.92 Å². The predicted octanol–water partition coefficient (Wildman–Crippen LogP) is 2.62. The maximum absolute atomic E-state index is 6.19. The van der Waals surface area contributed by atoms with Crippen LogP contribution in [0.25, 0.3) is 0 Å². The smallest absolute Gasteiger partial charge is 0.141 e. The molecule has 1 saturated carbocycles. The number of hydrogen-bond donors (Lipinski definition) is 1. The third kappa shape index (κ3) is 2.88. The zero-order valence-corrected chi connectivity index (χ0v) is 10.1. The van der Waals surface area contributed by atoms with Gasteiger partial charge in [0.2, 0.25) is 0 Å². The molecule has 2 N–H and O–H groups in total. The predicted molar refractivity (Wildman–Crippen MR) is 63.7 cm³/mol. The minimum Gasteiger partial charge on any atom is -0.489 e. The molecule has 1 aromatic rings. The summed E-state index contributed by atoms with van der Waals surface area (Å²) in [7, 11) is 0. The lowest BCUT2D eigenvalue weighted by Crippen LogP contribution is -2.07. The van der Waals surface area contributed by atoms with Gasteiger partial charge in [0.15, 0.2) is 0 Å². The monoisotopic (exact) mass is 241 g/mol. The number of nitrogens with two attached hydrogens (primary N) is 1. The second-order valence-corrected chi connectivity index (χ2v) is 4.58. The van der Waals surface area contributed by atoms with Crippen LogP contribution in [-0.2, 0) is 11.3 Å². The Balaban J connectivity index is 2.22. The molecule has 1 aliphatic carbocycles. The fourth-order valence-electron chi connectivity index (χ4n) is 1.64. The molecule has 0 saturated heterocycles. The van der Waals surface area contributed by atoms with E-state index in [0.717, 1.165) is 36.1 Å². The van der Waals surface area contributed by atoms with E-state index in [1.54, 1.807) is 0 Å². The van der Waals surface area contributed by atoms with Crippen molar-refractivity contribution >= 4 is 11.6 Å². The van der Waals surface area contributed by atoms with Gasteiger partial charge >= 0.3 is 0 Å². The number of rotatable bonds is 5. The van der Waals surface area contributed by atoms with Gasteiger partial charge in [-0.2, -0.15) is 0 Å². The van der Waals surface area contributed by atoms with Crippen molar-refractivity contribution in [1.29, 1.82) is 0 Å². The van der Waals surface area contributed by atoms with Gasteiger partial charge in [-0.15, -0.1) is 0 Å². The van der Waals surface area contributed by atoms with Crippen LogP contribution in [0.2, 0.25) is 5.02 Å². The van der Waals surface area contributed by atoms with Crippen molar-refractivity contribution in [2.24, 2.45) is 5.90 Å². The number of hydrogen-bond acceptors (Lipinski definition) is 3. The average Bonchev–Trinajstić information content (AvgIpc) is 3.03. The van der Waals surface area contributed by atoms with Crippen molar-refractivity contribution in [3.63, 3.8) is 0 Å². The third-order valence-electron chi connectivity index (χ3n) is 2.56. The van der Waals surface area contributed by atoms with Crippen molar-refractivity contribution in [2.75, 3.05) is 6.61 Å². The maximum atomic E-state index is 6.19. The Morgan fingerprint density at radius 2 is 2.19 bits per heavy atom. The highest BCUT2D eigenvalue weighted by atomic mass is 35.5. The molecule has 2 rings (SSSR count). The molecule has 0 unspecified atom stereocenters. The number of halogens is 1. The summed E-state index contributed by atoms with van der Waals surface area (Å²) in [4.78, 5) is 4.60. The molecule has 88 valence electrons. The molecule has 0 spiro atoms. The molecule has 1 aromatic carbocycles. The molecule has 1 aliphatic rings. The molecule has 0 radical (unpaired) electrons. The van der Waals surface area contributed by atoms with Gasteiger partial charge in [-0.05, 0) is 37.0 Å². The van der Waals surface area contributed by atoms with Crippen molar-refractivity contribution in [3.8, 4) is 5.75 Å². The number of benzene rings is 1. The summed E-state index contributed by atoms with van der Waals surface area (Å²) in [6.45, 7) is 2.49. The second kappa shape index (κ2) is 5.04. The van der Waals surface area contributed by atoms with E-state index in [1.165, 1.54) is 0 Å². The molecule has 0 heterocycles. The Morgan fingerprint density at radius 3 is 2.81 bits per heavy atom. The van der Waals surface area contributed by atoms with E-state index in [4.69, 9.17) is 22.2 Å². The third-order valence-corrected chi connectivity index (χ3v) is 2.84. The van der Waals surface area contributed by atoms with Crippen LogP contribution in [0.15, 0.2) is 12.1 Å². The number of ether oxygens (including phenoxy) is 1. The van der Waals surface area contributed by atoms with Gasteiger partial charge in [0.05, 0.1) is 17.7 Å². The molecule has 0 aliphatic heterocycles. The fraction of sp³-hybridized carbons (Fsp3) is 0.500. The molecule has 1 fully saturated rings. The summed E-state index contributed by atoms with van der Waals surface area (Å²) in [5.41, 5.74) is 2.20. The zero-order valence-electron chi connectivity index (χ0n) is 9.33. The van der Waals surface area contributed by atoms with Crippen LogP contribution >= 0.6 is 11.6 Å². The fourth-order valence-corrected chi connectivity index (χ4v) is 1.98. The minimum absolute atomic E-state index is 0.345. The quantitative estimate of drug-likeness (QED) is 0.806. The summed E-state index contributed by atoms with van der Waals surface area (Å²) in [5.74, 6) is 5.84. The van der Waals surface area contributed by atoms with Gasteiger partial charge in [-0.3, -0.25) is 0 Å². The highest BCUT2D eigenvalue weighted by Gasteiger charge is 2.25. The lowest BCUT2D eigenvalue weighted by atomic mass is 10.1. The highest BCUT2D eigenvalue weighted by molar-refractivity contribution is 6.32. The van der Waals surface area contributed by atoms with Gasteiger partial charge < -0.3 is 9.57 Å².